The van der Waals surface area contributed by atoms with Gasteiger partial charge in [0, 0.05) is 6.42 Å². The van der Waals surface area contributed by atoms with Gasteiger partial charge >= 0.3 is 0 Å². The van der Waals surface area contributed by atoms with E-state index in [0.29, 0.717) is 5.92 Å². The van der Waals surface area contributed by atoms with Crippen LogP contribution >= 0.6 is 0 Å². The predicted octanol–water partition coefficient (Wildman–Crippen LogP) is 3.13. The second kappa shape index (κ2) is 4.49. The number of hydrogen-bond donors (Lipinski definition) is 1. The van der Waals surface area contributed by atoms with E-state index in [-0.39, 0.29) is 10.2 Å². The van der Waals surface area contributed by atoms with Gasteiger partial charge < -0.3 is 4.42 Å². The number of furan rings is 1. The number of nitrogens with two attached hydrogens (primary N) is 1. The van der Waals surface area contributed by atoms with Gasteiger partial charge in [-0.3, -0.25) is 5.14 Å². The van der Waals surface area contributed by atoms with Crippen LogP contribution < -0.4 is 5.14 Å². The Kier molecular flexibility index (Phi) is 3.45. The molecule has 1 aromatic rings. The van der Waals surface area contributed by atoms with Gasteiger partial charge in [-0.25, -0.2) is 4.21 Å². The van der Waals surface area contributed by atoms with Crippen molar-refractivity contribution in [3.8, 4) is 0 Å². The van der Waals surface area contributed by atoms with Crippen LogP contribution in [-0.2, 0) is 17.4 Å². The number of hydrogen-bond acceptors (Lipinski definition) is 2. The van der Waals surface area contributed by atoms with Crippen molar-refractivity contribution in [1.82, 2.24) is 0 Å². The molecule has 1 heterocycles. The first-order valence-electron chi connectivity index (χ1n) is 6.46. The SMILES string of the molecule is CC1(C)CCc2occc2[C@H]1CC(C)(C)S(N)=O. The Morgan fingerprint density at radius 1 is 1.56 bits per heavy atom. The Labute approximate surface area is 112 Å². The Morgan fingerprint density at radius 3 is 2.83 bits per heavy atom. The standard InChI is InChI=1S/C14H23NO2S/c1-13(2)7-5-12-10(6-8-17-12)11(13)9-14(3,4)18(15)16/h6,8,11H,5,7,9,15H2,1-4H3/t11-,18?/m1/s1. The zero-order valence-corrected chi connectivity index (χ0v) is 12.5. The maximum Gasteiger partial charge on any atom is 0.107 e. The van der Waals surface area contributed by atoms with Crippen molar-refractivity contribution in [3.63, 3.8) is 0 Å². The van der Waals surface area contributed by atoms with Crippen molar-refractivity contribution < 1.29 is 8.63 Å². The summed E-state index contributed by atoms with van der Waals surface area (Å²) in [6.07, 6.45) is 4.70. The molecular formula is C14H23NO2S. The summed E-state index contributed by atoms with van der Waals surface area (Å²) in [5.74, 6) is 1.46. The third kappa shape index (κ3) is 2.41. The van der Waals surface area contributed by atoms with Gasteiger partial charge in [0.05, 0.1) is 22.0 Å². The maximum absolute atomic E-state index is 11.7. The van der Waals surface area contributed by atoms with Crippen LogP contribution in [-0.4, -0.2) is 8.96 Å². The molecule has 0 spiro atoms. The molecule has 0 aromatic carbocycles. The van der Waals surface area contributed by atoms with Crippen molar-refractivity contribution >= 4 is 11.0 Å². The summed E-state index contributed by atoms with van der Waals surface area (Å²) in [6.45, 7) is 8.52. The van der Waals surface area contributed by atoms with Crippen LogP contribution in [0.1, 0.15) is 57.8 Å². The molecule has 0 fully saturated rings. The lowest BCUT2D eigenvalue weighted by Gasteiger charge is -2.41. The smallest absolute Gasteiger partial charge is 0.107 e. The molecule has 18 heavy (non-hydrogen) atoms. The van der Waals surface area contributed by atoms with E-state index in [4.69, 9.17) is 9.56 Å². The van der Waals surface area contributed by atoms with E-state index in [1.807, 2.05) is 13.8 Å². The fourth-order valence-electron chi connectivity index (χ4n) is 2.86. The van der Waals surface area contributed by atoms with Gasteiger partial charge in [-0.05, 0) is 49.7 Å². The number of rotatable bonds is 3. The second-order valence-electron chi connectivity index (χ2n) is 6.60. The van der Waals surface area contributed by atoms with Gasteiger partial charge in [-0.1, -0.05) is 13.8 Å². The normalized spacial score (nSPS) is 24.6. The third-order valence-corrected chi connectivity index (χ3v) is 5.59. The van der Waals surface area contributed by atoms with E-state index < -0.39 is 11.0 Å². The first-order chi connectivity index (χ1) is 8.24. The highest BCUT2D eigenvalue weighted by molar-refractivity contribution is 7.84. The van der Waals surface area contributed by atoms with Gasteiger partial charge in [0.1, 0.15) is 5.76 Å². The quantitative estimate of drug-likeness (QED) is 0.916. The summed E-state index contributed by atoms with van der Waals surface area (Å²) in [7, 11) is -1.31. The topological polar surface area (TPSA) is 56.2 Å². The van der Waals surface area contributed by atoms with E-state index >= 15 is 0 Å². The van der Waals surface area contributed by atoms with Crippen molar-refractivity contribution in [1.29, 1.82) is 0 Å². The van der Waals surface area contributed by atoms with E-state index in [1.54, 1.807) is 6.26 Å². The average Bonchev–Trinajstić information content (AvgIpc) is 2.70. The molecule has 0 radical (unpaired) electrons. The lowest BCUT2D eigenvalue weighted by atomic mass is 9.65. The fraction of sp³-hybridized carbons (Fsp3) is 0.714. The summed E-state index contributed by atoms with van der Waals surface area (Å²) in [4.78, 5) is 0. The van der Waals surface area contributed by atoms with E-state index in [2.05, 4.69) is 19.9 Å². The molecule has 1 aromatic heterocycles. The summed E-state index contributed by atoms with van der Waals surface area (Å²) >= 11 is 0. The van der Waals surface area contributed by atoms with Crippen molar-refractivity contribution in [2.45, 2.75) is 57.6 Å². The van der Waals surface area contributed by atoms with Gasteiger partial charge in [0.25, 0.3) is 0 Å². The Hall–Kier alpha value is -0.610. The molecule has 2 N–H and O–H groups in total. The minimum absolute atomic E-state index is 0.202. The largest absolute Gasteiger partial charge is 0.469 e. The van der Waals surface area contributed by atoms with Crippen molar-refractivity contribution in [3.05, 3.63) is 23.7 Å². The molecule has 3 nitrogen and oxygen atoms in total. The minimum atomic E-state index is -1.31. The molecule has 0 saturated carbocycles. The first-order valence-corrected chi connectivity index (χ1v) is 7.68. The Morgan fingerprint density at radius 2 is 2.22 bits per heavy atom. The predicted molar refractivity (Wildman–Crippen MR) is 74.6 cm³/mol. The zero-order chi connectivity index (χ0) is 13.6. The summed E-state index contributed by atoms with van der Waals surface area (Å²) in [5, 5.41) is 5.62. The molecule has 4 heteroatoms. The third-order valence-electron chi connectivity index (χ3n) is 4.34. The summed E-state index contributed by atoms with van der Waals surface area (Å²) in [5.41, 5.74) is 1.48. The molecule has 0 saturated heterocycles. The molecule has 2 atom stereocenters. The number of aryl methyl sites for hydroxylation is 1. The van der Waals surface area contributed by atoms with Crippen LogP contribution in [0.5, 0.6) is 0 Å². The fourth-order valence-corrected chi connectivity index (χ4v) is 3.19. The van der Waals surface area contributed by atoms with Crippen molar-refractivity contribution in [2.75, 3.05) is 0 Å². The molecular weight excluding hydrogens is 246 g/mol. The first kappa shape index (κ1) is 13.8. The molecule has 2 rings (SSSR count). The second-order valence-corrected chi connectivity index (χ2v) is 8.30. The lowest BCUT2D eigenvalue weighted by Crippen LogP contribution is -2.38. The highest BCUT2D eigenvalue weighted by Gasteiger charge is 2.41. The zero-order valence-electron chi connectivity index (χ0n) is 11.7. The van der Waals surface area contributed by atoms with Gasteiger partial charge in [0.15, 0.2) is 0 Å². The molecule has 1 aliphatic rings. The van der Waals surface area contributed by atoms with Crippen LogP contribution in [0.4, 0.5) is 0 Å². The highest BCUT2D eigenvalue weighted by Crippen LogP contribution is 2.49. The summed E-state index contributed by atoms with van der Waals surface area (Å²) < 4.78 is 16.8. The Bertz CT molecular complexity index is 462. The van der Waals surface area contributed by atoms with Gasteiger partial charge in [0.2, 0.25) is 0 Å². The van der Waals surface area contributed by atoms with Crippen LogP contribution in [0.3, 0.4) is 0 Å². The van der Waals surface area contributed by atoms with E-state index in [0.717, 1.165) is 25.0 Å². The molecule has 1 aliphatic carbocycles. The van der Waals surface area contributed by atoms with Gasteiger partial charge in [-0.15, -0.1) is 0 Å². The Balaban J connectivity index is 2.33. The minimum Gasteiger partial charge on any atom is -0.469 e. The van der Waals surface area contributed by atoms with E-state index in [1.165, 1.54) is 5.56 Å². The van der Waals surface area contributed by atoms with Crippen LogP contribution in [0, 0.1) is 5.41 Å². The van der Waals surface area contributed by atoms with Crippen LogP contribution in [0.15, 0.2) is 16.7 Å². The highest BCUT2D eigenvalue weighted by atomic mass is 32.2. The van der Waals surface area contributed by atoms with Crippen LogP contribution in [0.25, 0.3) is 0 Å². The maximum atomic E-state index is 11.7. The molecule has 0 amide bonds. The average molecular weight is 269 g/mol. The van der Waals surface area contributed by atoms with Crippen molar-refractivity contribution in [2.24, 2.45) is 10.6 Å². The molecule has 1 unspecified atom stereocenters. The van der Waals surface area contributed by atoms with E-state index in [9.17, 15) is 4.21 Å². The monoisotopic (exact) mass is 269 g/mol. The molecule has 0 bridgehead atoms. The number of fused-ring (bicyclic) bond motifs is 1. The van der Waals surface area contributed by atoms with Crippen LogP contribution in [0.2, 0.25) is 0 Å². The van der Waals surface area contributed by atoms with Gasteiger partial charge in [-0.2, -0.15) is 0 Å². The molecule has 0 aliphatic heterocycles. The lowest BCUT2D eigenvalue weighted by molar-refractivity contribution is 0.211. The molecule has 102 valence electrons. The summed E-state index contributed by atoms with van der Waals surface area (Å²) in [6, 6.07) is 2.07.